The van der Waals surface area contributed by atoms with E-state index < -0.39 is 12.1 Å². The van der Waals surface area contributed by atoms with Crippen molar-refractivity contribution in [3.63, 3.8) is 0 Å². The molecule has 0 bridgehead atoms. The lowest BCUT2D eigenvalue weighted by atomic mass is 9.85. The number of aliphatic imine (C=N–C) groups is 1. The van der Waals surface area contributed by atoms with Crippen LogP contribution in [0.25, 0.3) is 0 Å². The van der Waals surface area contributed by atoms with E-state index in [1.807, 2.05) is 12.3 Å². The molecule has 1 saturated carbocycles. The van der Waals surface area contributed by atoms with Crippen molar-refractivity contribution in [1.29, 1.82) is 0 Å². The maximum Gasteiger partial charge on any atom is 0.391 e. The molecule has 1 aliphatic carbocycles. The summed E-state index contributed by atoms with van der Waals surface area (Å²) in [7, 11) is 0. The van der Waals surface area contributed by atoms with E-state index >= 15 is 0 Å². The molecule has 4 nitrogen and oxygen atoms in total. The van der Waals surface area contributed by atoms with Gasteiger partial charge in [-0.15, -0.1) is 11.3 Å². The Morgan fingerprint density at radius 3 is 2.96 bits per heavy atom. The third-order valence-corrected chi connectivity index (χ3v) is 6.08. The topological polar surface area (TPSA) is 49.3 Å². The van der Waals surface area contributed by atoms with Crippen molar-refractivity contribution in [2.45, 2.75) is 55.6 Å². The zero-order valence-electron chi connectivity index (χ0n) is 14.3. The van der Waals surface area contributed by atoms with E-state index in [1.165, 1.54) is 0 Å². The van der Waals surface area contributed by atoms with E-state index in [2.05, 4.69) is 20.6 Å². The molecule has 9 heteroatoms. The lowest BCUT2D eigenvalue weighted by molar-refractivity contribution is -0.183. The SMILES string of the molecule is CCNC(=NCCCSc1nccs1)NC1CCCC(C(F)(F)F)C1. The lowest BCUT2D eigenvalue weighted by Crippen LogP contribution is -2.46. The molecule has 0 aromatic carbocycles. The number of guanidine groups is 1. The maximum absolute atomic E-state index is 12.9. The Labute approximate surface area is 155 Å². The maximum atomic E-state index is 12.9. The van der Waals surface area contributed by atoms with E-state index in [0.29, 0.717) is 25.5 Å². The van der Waals surface area contributed by atoms with Crippen molar-refractivity contribution < 1.29 is 13.2 Å². The second-order valence-corrected chi connectivity index (χ2v) is 8.24. The molecule has 1 fully saturated rings. The van der Waals surface area contributed by atoms with Gasteiger partial charge in [-0.05, 0) is 32.6 Å². The molecule has 2 rings (SSSR count). The predicted molar refractivity (Wildman–Crippen MR) is 98.4 cm³/mol. The first-order valence-corrected chi connectivity index (χ1v) is 10.5. The van der Waals surface area contributed by atoms with Crippen molar-refractivity contribution in [2.75, 3.05) is 18.8 Å². The zero-order valence-corrected chi connectivity index (χ0v) is 15.9. The van der Waals surface area contributed by atoms with Gasteiger partial charge in [0.15, 0.2) is 5.96 Å². The number of hydrogen-bond donors (Lipinski definition) is 2. The average molecular weight is 395 g/mol. The summed E-state index contributed by atoms with van der Waals surface area (Å²) in [6.45, 7) is 3.28. The number of hydrogen-bond acceptors (Lipinski definition) is 4. The highest BCUT2D eigenvalue weighted by Gasteiger charge is 2.42. The number of aromatic nitrogens is 1. The second-order valence-electron chi connectivity index (χ2n) is 6.01. The van der Waals surface area contributed by atoms with E-state index in [1.54, 1.807) is 29.3 Å². The summed E-state index contributed by atoms with van der Waals surface area (Å²) in [6, 6.07) is -0.164. The highest BCUT2D eigenvalue weighted by molar-refractivity contribution is 8.00. The quantitative estimate of drug-likeness (QED) is 0.313. The van der Waals surface area contributed by atoms with Crippen LogP contribution in [-0.4, -0.2) is 42.0 Å². The lowest BCUT2D eigenvalue weighted by Gasteiger charge is -2.31. The van der Waals surface area contributed by atoms with Gasteiger partial charge >= 0.3 is 6.18 Å². The van der Waals surface area contributed by atoms with Gasteiger partial charge < -0.3 is 10.6 Å². The van der Waals surface area contributed by atoms with Gasteiger partial charge in [-0.3, -0.25) is 4.99 Å². The molecule has 1 aromatic heterocycles. The fraction of sp³-hybridized carbons (Fsp3) is 0.750. The van der Waals surface area contributed by atoms with Gasteiger partial charge in [0.25, 0.3) is 0 Å². The third-order valence-electron chi connectivity index (χ3n) is 4.03. The fourth-order valence-electron chi connectivity index (χ4n) is 2.83. The fourth-order valence-corrected chi connectivity index (χ4v) is 4.46. The van der Waals surface area contributed by atoms with E-state index in [-0.39, 0.29) is 18.9 Å². The van der Waals surface area contributed by atoms with E-state index in [4.69, 9.17) is 0 Å². The van der Waals surface area contributed by atoms with Crippen molar-refractivity contribution in [3.8, 4) is 0 Å². The van der Waals surface area contributed by atoms with Crippen LogP contribution in [0.3, 0.4) is 0 Å². The highest BCUT2D eigenvalue weighted by atomic mass is 32.2. The molecule has 0 saturated heterocycles. The van der Waals surface area contributed by atoms with Crippen LogP contribution >= 0.6 is 23.1 Å². The Bertz CT molecular complexity index is 520. The Balaban J connectivity index is 1.76. The summed E-state index contributed by atoms with van der Waals surface area (Å²) in [5.41, 5.74) is 0. The van der Waals surface area contributed by atoms with Gasteiger partial charge in [-0.2, -0.15) is 13.2 Å². The van der Waals surface area contributed by atoms with Crippen LogP contribution in [0, 0.1) is 5.92 Å². The van der Waals surface area contributed by atoms with Crippen molar-refractivity contribution in [3.05, 3.63) is 11.6 Å². The standard InChI is InChI=1S/C16H25F3N4S2/c1-2-20-14(21-7-4-9-24-15-22-8-10-25-15)23-13-6-3-5-12(11-13)16(17,18)19/h8,10,12-13H,2-7,9,11H2,1H3,(H2,20,21,23). The molecule has 1 heterocycles. The van der Waals surface area contributed by atoms with Crippen LogP contribution in [0.15, 0.2) is 20.9 Å². The molecular weight excluding hydrogens is 369 g/mol. The Kier molecular flexibility index (Phi) is 8.35. The normalized spacial score (nSPS) is 22.0. The van der Waals surface area contributed by atoms with Crippen LogP contribution in [0.2, 0.25) is 0 Å². The zero-order chi connectivity index (χ0) is 18.1. The van der Waals surface area contributed by atoms with Crippen LogP contribution in [0.1, 0.15) is 39.0 Å². The molecule has 2 unspecified atom stereocenters. The molecule has 0 spiro atoms. The number of thiazole rings is 1. The van der Waals surface area contributed by atoms with Gasteiger partial charge in [-0.25, -0.2) is 4.98 Å². The summed E-state index contributed by atoms with van der Waals surface area (Å²) in [5.74, 6) is 0.349. The number of alkyl halides is 3. The van der Waals surface area contributed by atoms with Gasteiger partial charge in [0.1, 0.15) is 4.34 Å². The first kappa shape index (κ1) is 20.4. The van der Waals surface area contributed by atoms with Crippen LogP contribution in [-0.2, 0) is 0 Å². The second kappa shape index (κ2) is 10.3. The molecule has 2 atom stereocenters. The summed E-state index contributed by atoms with van der Waals surface area (Å²) >= 11 is 3.32. The van der Waals surface area contributed by atoms with Gasteiger partial charge in [0.2, 0.25) is 0 Å². The number of halogens is 3. The average Bonchev–Trinajstić information content (AvgIpc) is 3.07. The van der Waals surface area contributed by atoms with Crippen LogP contribution < -0.4 is 10.6 Å². The van der Waals surface area contributed by atoms with E-state index in [0.717, 1.165) is 22.9 Å². The Morgan fingerprint density at radius 1 is 1.44 bits per heavy atom. The van der Waals surface area contributed by atoms with Crippen LogP contribution in [0.4, 0.5) is 13.2 Å². The largest absolute Gasteiger partial charge is 0.391 e. The smallest absolute Gasteiger partial charge is 0.357 e. The minimum atomic E-state index is -4.09. The summed E-state index contributed by atoms with van der Waals surface area (Å²) < 4.78 is 39.8. The Morgan fingerprint density at radius 2 is 2.28 bits per heavy atom. The van der Waals surface area contributed by atoms with Crippen LogP contribution in [0.5, 0.6) is 0 Å². The van der Waals surface area contributed by atoms with Gasteiger partial charge in [-0.1, -0.05) is 18.2 Å². The summed E-state index contributed by atoms with van der Waals surface area (Å²) in [6.07, 6.45) is 0.329. The number of rotatable bonds is 7. The first-order valence-electron chi connectivity index (χ1n) is 8.63. The molecule has 1 aromatic rings. The molecule has 2 N–H and O–H groups in total. The Hall–Kier alpha value is -0.960. The molecular formula is C16H25F3N4S2. The van der Waals surface area contributed by atoms with Gasteiger partial charge in [0, 0.05) is 36.5 Å². The summed E-state index contributed by atoms with van der Waals surface area (Å²) in [5, 5.41) is 8.26. The minimum Gasteiger partial charge on any atom is -0.357 e. The van der Waals surface area contributed by atoms with Crippen molar-refractivity contribution in [1.82, 2.24) is 15.6 Å². The number of nitrogens with zero attached hydrogens (tertiary/aromatic N) is 2. The minimum absolute atomic E-state index is 0.133. The van der Waals surface area contributed by atoms with Crippen molar-refractivity contribution >= 4 is 29.1 Å². The third kappa shape index (κ3) is 7.43. The molecule has 0 amide bonds. The van der Waals surface area contributed by atoms with Crippen molar-refractivity contribution in [2.24, 2.45) is 10.9 Å². The molecule has 0 aliphatic heterocycles. The number of nitrogens with one attached hydrogen (secondary N) is 2. The summed E-state index contributed by atoms with van der Waals surface area (Å²) in [4.78, 5) is 8.71. The van der Waals surface area contributed by atoms with E-state index in [9.17, 15) is 13.2 Å². The monoisotopic (exact) mass is 394 g/mol. The van der Waals surface area contributed by atoms with Gasteiger partial charge in [0.05, 0.1) is 5.92 Å². The number of thioether (sulfide) groups is 1. The molecule has 142 valence electrons. The highest BCUT2D eigenvalue weighted by Crippen LogP contribution is 2.37. The predicted octanol–water partition coefficient (Wildman–Crippen LogP) is 4.30. The molecule has 1 aliphatic rings. The molecule has 25 heavy (non-hydrogen) atoms. The first-order chi connectivity index (χ1) is 12.0. The molecule has 0 radical (unpaired) electrons.